The van der Waals surface area contributed by atoms with Crippen LogP contribution < -0.4 is 21.7 Å². The number of amides is 2. The minimum absolute atomic E-state index is 0.116. The highest BCUT2D eigenvalue weighted by atomic mass is 16.2. The molecule has 29 heavy (non-hydrogen) atoms. The fourth-order valence-corrected chi connectivity index (χ4v) is 3.28. The van der Waals surface area contributed by atoms with Crippen LogP contribution in [0.2, 0.25) is 0 Å². The predicted molar refractivity (Wildman–Crippen MR) is 111 cm³/mol. The van der Waals surface area contributed by atoms with E-state index in [1.807, 2.05) is 37.3 Å². The van der Waals surface area contributed by atoms with Gasteiger partial charge in [-0.25, -0.2) is 4.98 Å². The topological polar surface area (TPSA) is 122 Å². The Morgan fingerprint density at radius 3 is 2.79 bits per heavy atom. The molecule has 4 rings (SSSR count). The molecule has 2 aromatic carbocycles. The number of hydrogen-bond acceptors (Lipinski definition) is 6. The molecule has 0 aliphatic carbocycles. The molecule has 146 valence electrons. The molecule has 8 nitrogen and oxygen atoms in total. The van der Waals surface area contributed by atoms with Gasteiger partial charge in [-0.15, -0.1) is 0 Å². The maximum atomic E-state index is 12.1. The number of aromatic nitrogens is 2. The first kappa shape index (κ1) is 18.4. The number of nitrogens with two attached hydrogens (primary N) is 1. The highest BCUT2D eigenvalue weighted by Gasteiger charge is 2.21. The molecule has 0 fully saturated rings. The van der Waals surface area contributed by atoms with Crippen molar-refractivity contribution in [1.29, 1.82) is 0 Å². The molecule has 0 radical (unpaired) electrons. The summed E-state index contributed by atoms with van der Waals surface area (Å²) in [4.78, 5) is 32.6. The van der Waals surface area contributed by atoms with Crippen LogP contribution in [0.15, 0.2) is 48.7 Å². The summed E-state index contributed by atoms with van der Waals surface area (Å²) in [6, 6.07) is 13.2. The number of carbonyl (C=O) groups excluding carboxylic acids is 2. The van der Waals surface area contributed by atoms with Gasteiger partial charge in [-0.1, -0.05) is 18.2 Å². The van der Waals surface area contributed by atoms with Crippen LogP contribution in [0.25, 0.3) is 0 Å². The van der Waals surface area contributed by atoms with E-state index in [-0.39, 0.29) is 17.3 Å². The summed E-state index contributed by atoms with van der Waals surface area (Å²) in [7, 11) is 0. The first-order valence-corrected chi connectivity index (χ1v) is 9.19. The summed E-state index contributed by atoms with van der Waals surface area (Å²) in [5, 5.41) is 9.12. The lowest BCUT2D eigenvalue weighted by molar-refractivity contribution is 0.0944. The van der Waals surface area contributed by atoms with Gasteiger partial charge < -0.3 is 21.7 Å². The van der Waals surface area contributed by atoms with E-state index in [0.29, 0.717) is 30.2 Å². The number of hydrogen-bond donors (Lipinski definition) is 4. The summed E-state index contributed by atoms with van der Waals surface area (Å²) >= 11 is 0. The number of benzene rings is 2. The predicted octanol–water partition coefficient (Wildman–Crippen LogP) is 2.66. The van der Waals surface area contributed by atoms with E-state index in [0.717, 1.165) is 16.8 Å². The van der Waals surface area contributed by atoms with Gasteiger partial charge in [0, 0.05) is 29.7 Å². The first-order chi connectivity index (χ1) is 14.0. The largest absolute Gasteiger partial charge is 0.365 e. The zero-order valence-electron chi connectivity index (χ0n) is 15.8. The molecular formula is C21H20N6O2. The monoisotopic (exact) mass is 388 g/mol. The number of nitrogens with zero attached hydrogens (tertiary/aromatic N) is 2. The van der Waals surface area contributed by atoms with Crippen LogP contribution in [0.4, 0.5) is 23.1 Å². The molecule has 3 aromatic rings. The third-order valence-electron chi connectivity index (χ3n) is 4.66. The summed E-state index contributed by atoms with van der Waals surface area (Å²) in [6.07, 6.45) is 2.06. The van der Waals surface area contributed by atoms with Crippen LogP contribution in [-0.2, 0) is 6.42 Å². The number of nitrogens with one attached hydrogen (secondary N) is 3. The average molecular weight is 388 g/mol. The zero-order chi connectivity index (χ0) is 20.4. The number of aryl methyl sites for hydroxylation is 1. The third kappa shape index (κ3) is 3.86. The summed E-state index contributed by atoms with van der Waals surface area (Å²) < 4.78 is 0. The van der Waals surface area contributed by atoms with Crippen LogP contribution in [0.1, 0.15) is 31.8 Å². The number of rotatable bonds is 5. The Kier molecular flexibility index (Phi) is 4.82. The Labute approximate surface area is 167 Å². The van der Waals surface area contributed by atoms with Crippen molar-refractivity contribution in [2.45, 2.75) is 13.3 Å². The average Bonchev–Trinajstić information content (AvgIpc) is 2.69. The fourth-order valence-electron chi connectivity index (χ4n) is 3.28. The van der Waals surface area contributed by atoms with E-state index in [2.05, 4.69) is 25.9 Å². The van der Waals surface area contributed by atoms with Crippen LogP contribution in [0.5, 0.6) is 0 Å². The van der Waals surface area contributed by atoms with Crippen molar-refractivity contribution >= 4 is 35.0 Å². The van der Waals surface area contributed by atoms with Crippen molar-refractivity contribution in [3.8, 4) is 0 Å². The summed E-state index contributed by atoms with van der Waals surface area (Å²) in [5.41, 5.74) is 9.78. The Balaban J connectivity index is 1.70. The smallest absolute Gasteiger partial charge is 0.254 e. The second-order valence-corrected chi connectivity index (χ2v) is 6.78. The maximum Gasteiger partial charge on any atom is 0.254 e. The van der Waals surface area contributed by atoms with Gasteiger partial charge in [-0.05, 0) is 48.7 Å². The van der Waals surface area contributed by atoms with Crippen LogP contribution in [-0.4, -0.2) is 28.3 Å². The molecule has 0 atom stereocenters. The molecule has 2 heterocycles. The Hall–Kier alpha value is -3.94. The van der Waals surface area contributed by atoms with Gasteiger partial charge in [0.2, 0.25) is 5.95 Å². The third-order valence-corrected chi connectivity index (χ3v) is 4.66. The summed E-state index contributed by atoms with van der Waals surface area (Å²) in [5.74, 6) is -0.153. The molecule has 1 aliphatic heterocycles. The highest BCUT2D eigenvalue weighted by Crippen LogP contribution is 2.28. The summed E-state index contributed by atoms with van der Waals surface area (Å²) in [6.45, 7) is 2.54. The SMILES string of the molecule is Cc1cccc(Nc2ncc(C(N)=O)c(Nc3cccc4c3CCNC4=O)n2)c1. The fraction of sp³-hybridized carbons (Fsp3) is 0.143. The van der Waals surface area contributed by atoms with Gasteiger partial charge in [0.1, 0.15) is 11.4 Å². The van der Waals surface area contributed by atoms with Crippen molar-refractivity contribution in [1.82, 2.24) is 15.3 Å². The lowest BCUT2D eigenvalue weighted by Gasteiger charge is -2.20. The normalized spacial score (nSPS) is 12.7. The van der Waals surface area contributed by atoms with E-state index < -0.39 is 5.91 Å². The number of primary amides is 1. The second-order valence-electron chi connectivity index (χ2n) is 6.78. The minimum Gasteiger partial charge on any atom is -0.365 e. The van der Waals surface area contributed by atoms with E-state index in [1.165, 1.54) is 6.20 Å². The van der Waals surface area contributed by atoms with Crippen molar-refractivity contribution in [2.24, 2.45) is 5.73 Å². The van der Waals surface area contributed by atoms with Gasteiger partial charge in [0.05, 0.1) is 0 Å². The second kappa shape index (κ2) is 7.59. The van der Waals surface area contributed by atoms with Crippen LogP contribution >= 0.6 is 0 Å². The number of carbonyl (C=O) groups is 2. The Morgan fingerprint density at radius 2 is 2.00 bits per heavy atom. The molecule has 1 aromatic heterocycles. The van der Waals surface area contributed by atoms with Gasteiger partial charge in [0.15, 0.2) is 0 Å². The number of anilines is 4. The molecule has 2 amide bonds. The quantitative estimate of drug-likeness (QED) is 0.533. The highest BCUT2D eigenvalue weighted by molar-refractivity contribution is 6.00. The molecule has 8 heteroatoms. The van der Waals surface area contributed by atoms with Crippen molar-refractivity contribution < 1.29 is 9.59 Å². The van der Waals surface area contributed by atoms with E-state index in [4.69, 9.17) is 5.73 Å². The molecule has 1 aliphatic rings. The molecule has 0 saturated heterocycles. The zero-order valence-corrected chi connectivity index (χ0v) is 15.8. The molecule has 5 N–H and O–H groups in total. The Bertz CT molecular complexity index is 1110. The Morgan fingerprint density at radius 1 is 1.17 bits per heavy atom. The molecule has 0 bridgehead atoms. The van der Waals surface area contributed by atoms with Gasteiger partial charge in [-0.2, -0.15) is 4.98 Å². The van der Waals surface area contributed by atoms with Gasteiger partial charge >= 0.3 is 0 Å². The van der Waals surface area contributed by atoms with E-state index >= 15 is 0 Å². The lowest BCUT2D eigenvalue weighted by atomic mass is 9.98. The first-order valence-electron chi connectivity index (χ1n) is 9.19. The van der Waals surface area contributed by atoms with E-state index in [9.17, 15) is 9.59 Å². The lowest BCUT2D eigenvalue weighted by Crippen LogP contribution is -2.32. The molecule has 0 spiro atoms. The number of fused-ring (bicyclic) bond motifs is 1. The molecule has 0 saturated carbocycles. The van der Waals surface area contributed by atoms with Crippen molar-refractivity contribution in [3.63, 3.8) is 0 Å². The van der Waals surface area contributed by atoms with Crippen molar-refractivity contribution in [2.75, 3.05) is 17.2 Å². The van der Waals surface area contributed by atoms with Gasteiger partial charge in [0.25, 0.3) is 11.8 Å². The maximum absolute atomic E-state index is 12.1. The standard InChI is InChI=1S/C21H20N6O2/c1-12-4-2-5-13(10-12)25-21-24-11-16(18(22)28)19(27-21)26-17-7-3-6-15-14(17)8-9-23-20(15)29/h2-7,10-11H,8-9H2,1H3,(H2,22,28)(H,23,29)(H2,24,25,26,27). The van der Waals surface area contributed by atoms with Gasteiger partial charge in [-0.3, -0.25) is 9.59 Å². The van der Waals surface area contributed by atoms with Crippen LogP contribution in [0, 0.1) is 6.92 Å². The minimum atomic E-state index is -0.642. The van der Waals surface area contributed by atoms with E-state index in [1.54, 1.807) is 12.1 Å². The molecular weight excluding hydrogens is 368 g/mol. The van der Waals surface area contributed by atoms with Crippen molar-refractivity contribution in [3.05, 3.63) is 70.9 Å². The molecule has 0 unspecified atom stereocenters. The van der Waals surface area contributed by atoms with Crippen LogP contribution in [0.3, 0.4) is 0 Å².